The molecule has 2 heterocycles. The summed E-state index contributed by atoms with van der Waals surface area (Å²) in [6, 6.07) is 10.2. The summed E-state index contributed by atoms with van der Waals surface area (Å²) in [4.78, 5) is 26.5. The molecule has 2 aromatic heterocycles. The molecular formula is C19H19FN4O2S2. The fourth-order valence-corrected chi connectivity index (χ4v) is 4.27. The van der Waals surface area contributed by atoms with Gasteiger partial charge >= 0.3 is 5.69 Å². The van der Waals surface area contributed by atoms with Gasteiger partial charge in [-0.15, -0.1) is 28.2 Å². The van der Waals surface area contributed by atoms with Gasteiger partial charge in [0.25, 0.3) is 0 Å². The summed E-state index contributed by atoms with van der Waals surface area (Å²) in [7, 11) is 0. The van der Waals surface area contributed by atoms with Crippen LogP contribution in [-0.4, -0.2) is 32.6 Å². The lowest BCUT2D eigenvalue weighted by molar-refractivity contribution is -0.118. The Morgan fingerprint density at radius 3 is 2.75 bits per heavy atom. The lowest BCUT2D eigenvalue weighted by atomic mass is 10.4. The molecule has 1 N–H and O–H groups in total. The van der Waals surface area contributed by atoms with E-state index in [1.165, 1.54) is 28.6 Å². The lowest BCUT2D eigenvalue weighted by Gasteiger charge is -2.05. The van der Waals surface area contributed by atoms with Crippen LogP contribution in [0.15, 0.2) is 51.5 Å². The number of thioether (sulfide) groups is 1. The Hall–Kier alpha value is -2.39. The number of nitrogens with one attached hydrogen (secondary N) is 1. The van der Waals surface area contributed by atoms with Crippen molar-refractivity contribution in [3.63, 3.8) is 0 Å². The van der Waals surface area contributed by atoms with E-state index in [1.54, 1.807) is 28.0 Å². The fraction of sp³-hybridized carbons (Fsp3) is 0.316. The van der Waals surface area contributed by atoms with Gasteiger partial charge in [0.05, 0.1) is 17.2 Å². The minimum Gasteiger partial charge on any atom is -0.354 e. The maximum absolute atomic E-state index is 12.9. The summed E-state index contributed by atoms with van der Waals surface area (Å²) in [6.07, 6.45) is 2.00. The quantitative estimate of drug-likeness (QED) is 0.571. The molecule has 3 aromatic rings. The van der Waals surface area contributed by atoms with Crippen molar-refractivity contribution in [1.29, 1.82) is 0 Å². The summed E-state index contributed by atoms with van der Waals surface area (Å²) in [5, 5.41) is 9.27. The van der Waals surface area contributed by atoms with E-state index >= 15 is 0 Å². The van der Waals surface area contributed by atoms with Crippen molar-refractivity contribution in [2.45, 2.75) is 30.3 Å². The molecule has 28 heavy (non-hydrogen) atoms. The second-order valence-corrected chi connectivity index (χ2v) is 8.50. The van der Waals surface area contributed by atoms with Gasteiger partial charge in [-0.25, -0.2) is 13.9 Å². The molecule has 0 spiro atoms. The average Bonchev–Trinajstić information content (AvgIpc) is 3.26. The molecule has 1 amide bonds. The van der Waals surface area contributed by atoms with E-state index in [0.717, 1.165) is 22.6 Å². The molecule has 6 nitrogen and oxygen atoms in total. The zero-order chi connectivity index (χ0) is 19.5. The van der Waals surface area contributed by atoms with Crippen molar-refractivity contribution in [1.82, 2.24) is 19.7 Å². The van der Waals surface area contributed by atoms with Gasteiger partial charge < -0.3 is 5.32 Å². The first-order valence-corrected chi connectivity index (χ1v) is 10.9. The molecule has 0 radical (unpaired) electrons. The number of hydrogen-bond acceptors (Lipinski definition) is 5. The van der Waals surface area contributed by atoms with Gasteiger partial charge in [-0.1, -0.05) is 6.07 Å². The number of aromatic nitrogens is 3. The molecule has 1 saturated carbocycles. The van der Waals surface area contributed by atoms with E-state index in [4.69, 9.17) is 0 Å². The van der Waals surface area contributed by atoms with Crippen LogP contribution >= 0.6 is 23.1 Å². The van der Waals surface area contributed by atoms with Crippen LogP contribution in [-0.2, 0) is 11.3 Å². The van der Waals surface area contributed by atoms with Crippen molar-refractivity contribution in [2.24, 2.45) is 0 Å². The van der Waals surface area contributed by atoms with Crippen LogP contribution in [0.1, 0.15) is 18.9 Å². The number of halogens is 1. The van der Waals surface area contributed by atoms with Crippen molar-refractivity contribution >= 4 is 29.0 Å². The molecule has 1 fully saturated rings. The summed E-state index contributed by atoms with van der Waals surface area (Å²) >= 11 is 2.90. The number of nitrogens with zero attached hydrogens (tertiary/aromatic N) is 3. The average molecular weight is 419 g/mol. The molecular weight excluding hydrogens is 399 g/mol. The van der Waals surface area contributed by atoms with Crippen molar-refractivity contribution < 1.29 is 9.18 Å². The molecule has 1 aliphatic carbocycles. The minimum absolute atomic E-state index is 0.124. The normalized spacial score (nSPS) is 13.6. The van der Waals surface area contributed by atoms with Gasteiger partial charge in [0.1, 0.15) is 5.82 Å². The number of hydrogen-bond donors (Lipinski definition) is 1. The Labute approximate surface area is 169 Å². The topological polar surface area (TPSA) is 68.9 Å². The van der Waals surface area contributed by atoms with Crippen LogP contribution in [0.2, 0.25) is 0 Å². The van der Waals surface area contributed by atoms with Gasteiger partial charge in [-0.05, 0) is 48.6 Å². The molecule has 1 aromatic carbocycles. The SMILES string of the molecule is O=C(CSc1ccc(F)cc1)NCCn1nc(-c2cccs2)n(C2CC2)c1=O. The number of amides is 1. The largest absolute Gasteiger partial charge is 0.354 e. The Bertz CT molecular complexity index is 1010. The number of thiophene rings is 1. The van der Waals surface area contributed by atoms with Crippen molar-refractivity contribution in [3.05, 3.63) is 58.1 Å². The second-order valence-electron chi connectivity index (χ2n) is 6.50. The van der Waals surface area contributed by atoms with Gasteiger partial charge in [-0.3, -0.25) is 9.36 Å². The molecule has 0 atom stereocenters. The maximum atomic E-state index is 12.9. The Morgan fingerprint density at radius 1 is 1.29 bits per heavy atom. The van der Waals surface area contributed by atoms with Gasteiger partial charge in [0, 0.05) is 17.5 Å². The van der Waals surface area contributed by atoms with E-state index in [2.05, 4.69) is 10.4 Å². The van der Waals surface area contributed by atoms with Crippen molar-refractivity contribution in [3.8, 4) is 10.7 Å². The molecule has 146 valence electrons. The zero-order valence-electron chi connectivity index (χ0n) is 15.0. The Balaban J connectivity index is 1.33. The van der Waals surface area contributed by atoms with E-state index in [-0.39, 0.29) is 29.2 Å². The first kappa shape index (κ1) is 18.9. The minimum atomic E-state index is -0.299. The number of carbonyl (C=O) groups is 1. The molecule has 9 heteroatoms. The second kappa shape index (κ2) is 8.32. The van der Waals surface area contributed by atoms with Gasteiger partial charge in [0.2, 0.25) is 5.91 Å². The molecule has 1 aliphatic rings. The van der Waals surface area contributed by atoms with Crippen molar-refractivity contribution in [2.75, 3.05) is 12.3 Å². The van der Waals surface area contributed by atoms with E-state index in [0.29, 0.717) is 18.9 Å². The lowest BCUT2D eigenvalue weighted by Crippen LogP contribution is -2.32. The Morgan fingerprint density at radius 2 is 2.07 bits per heavy atom. The molecule has 0 saturated heterocycles. The number of rotatable bonds is 8. The standard InChI is InChI=1S/C19H19FN4O2S2/c20-13-3-7-15(8-4-13)28-12-17(25)21-9-10-23-19(26)24(14-5-6-14)18(22-23)16-2-1-11-27-16/h1-4,7-8,11,14H,5-6,9-10,12H2,(H,21,25). The predicted molar refractivity (Wildman–Crippen MR) is 108 cm³/mol. The first-order chi connectivity index (χ1) is 13.6. The Kier molecular flexibility index (Phi) is 5.63. The smallest absolute Gasteiger partial charge is 0.346 e. The number of carbonyl (C=O) groups excluding carboxylic acids is 1. The highest BCUT2D eigenvalue weighted by atomic mass is 32.2. The van der Waals surface area contributed by atoms with E-state index < -0.39 is 0 Å². The molecule has 0 bridgehead atoms. The monoisotopic (exact) mass is 418 g/mol. The van der Waals surface area contributed by atoms with Crippen LogP contribution in [0.4, 0.5) is 4.39 Å². The fourth-order valence-electron chi connectivity index (χ4n) is 2.83. The van der Waals surface area contributed by atoms with E-state index in [9.17, 15) is 14.0 Å². The highest BCUT2D eigenvalue weighted by molar-refractivity contribution is 8.00. The number of benzene rings is 1. The third kappa shape index (κ3) is 4.36. The van der Waals surface area contributed by atoms with Crippen LogP contribution in [0.5, 0.6) is 0 Å². The van der Waals surface area contributed by atoms with Crippen LogP contribution < -0.4 is 11.0 Å². The van der Waals surface area contributed by atoms with Crippen LogP contribution in [0.3, 0.4) is 0 Å². The summed E-state index contributed by atoms with van der Waals surface area (Å²) in [6.45, 7) is 0.651. The maximum Gasteiger partial charge on any atom is 0.346 e. The van der Waals surface area contributed by atoms with Crippen LogP contribution in [0, 0.1) is 5.82 Å². The molecule has 0 unspecified atom stereocenters. The van der Waals surface area contributed by atoms with Gasteiger partial charge in [-0.2, -0.15) is 0 Å². The predicted octanol–water partition coefficient (Wildman–Crippen LogP) is 3.16. The zero-order valence-corrected chi connectivity index (χ0v) is 16.6. The highest BCUT2D eigenvalue weighted by Gasteiger charge is 2.30. The highest BCUT2D eigenvalue weighted by Crippen LogP contribution is 2.37. The third-order valence-electron chi connectivity index (χ3n) is 4.35. The van der Waals surface area contributed by atoms with E-state index in [1.807, 2.05) is 17.5 Å². The summed E-state index contributed by atoms with van der Waals surface area (Å²) in [5.74, 6) is 0.507. The van der Waals surface area contributed by atoms with Crippen LogP contribution in [0.25, 0.3) is 10.7 Å². The summed E-state index contributed by atoms with van der Waals surface area (Å²) in [5.41, 5.74) is -0.124. The summed E-state index contributed by atoms with van der Waals surface area (Å²) < 4.78 is 16.1. The first-order valence-electron chi connectivity index (χ1n) is 9.00. The third-order valence-corrected chi connectivity index (χ3v) is 6.23. The molecule has 0 aliphatic heterocycles. The van der Waals surface area contributed by atoms with Gasteiger partial charge in [0.15, 0.2) is 5.82 Å². The molecule has 4 rings (SSSR count).